The highest BCUT2D eigenvalue weighted by molar-refractivity contribution is 5.79. The minimum atomic E-state index is -0.408. The second-order valence-electron chi connectivity index (χ2n) is 7.62. The summed E-state index contributed by atoms with van der Waals surface area (Å²) in [5, 5.41) is 4.31. The molecular weight excluding hydrogens is 374 g/mol. The van der Waals surface area contributed by atoms with E-state index >= 15 is 0 Å². The number of aryl methyl sites for hydroxylation is 3. The lowest BCUT2D eigenvalue weighted by Gasteiger charge is -2.17. The molecule has 1 amide bonds. The second kappa shape index (κ2) is 6.98. The molecule has 1 fully saturated rings. The molecule has 3 aromatic rings. The Hall–Kier alpha value is -3.23. The van der Waals surface area contributed by atoms with Gasteiger partial charge in [-0.1, -0.05) is 5.16 Å². The highest BCUT2D eigenvalue weighted by Gasteiger charge is 2.29. The van der Waals surface area contributed by atoms with E-state index in [-0.39, 0.29) is 23.8 Å². The summed E-state index contributed by atoms with van der Waals surface area (Å²) in [7, 11) is 3.06. The van der Waals surface area contributed by atoms with Crippen LogP contribution in [0.1, 0.15) is 35.1 Å². The molecule has 0 bridgehead atoms. The molecule has 0 saturated carbocycles. The molecular formula is C20H23N5O4. The van der Waals surface area contributed by atoms with E-state index in [1.165, 1.54) is 11.6 Å². The number of pyridine rings is 1. The molecule has 152 valence electrons. The first-order valence-electron chi connectivity index (χ1n) is 9.54. The summed E-state index contributed by atoms with van der Waals surface area (Å²) in [4.78, 5) is 43.7. The molecule has 0 N–H and O–H groups in total. The van der Waals surface area contributed by atoms with Gasteiger partial charge in [0.1, 0.15) is 11.4 Å². The van der Waals surface area contributed by atoms with E-state index in [0.29, 0.717) is 29.9 Å². The van der Waals surface area contributed by atoms with Crippen LogP contribution in [0.2, 0.25) is 0 Å². The molecule has 9 heteroatoms. The maximum Gasteiger partial charge on any atom is 0.332 e. The predicted molar refractivity (Wildman–Crippen MR) is 106 cm³/mol. The monoisotopic (exact) mass is 397 g/mol. The number of aromatic nitrogens is 4. The van der Waals surface area contributed by atoms with Gasteiger partial charge in [-0.25, -0.2) is 9.78 Å². The third-order valence-corrected chi connectivity index (χ3v) is 5.79. The van der Waals surface area contributed by atoms with Crippen molar-refractivity contribution in [3.05, 3.63) is 55.7 Å². The van der Waals surface area contributed by atoms with Gasteiger partial charge >= 0.3 is 5.69 Å². The number of carbonyl (C=O) groups excluding carboxylic acids is 1. The van der Waals surface area contributed by atoms with Crippen molar-refractivity contribution in [2.24, 2.45) is 14.1 Å². The van der Waals surface area contributed by atoms with Crippen LogP contribution < -0.4 is 11.2 Å². The van der Waals surface area contributed by atoms with Crippen molar-refractivity contribution >= 4 is 16.9 Å². The Bertz CT molecular complexity index is 1220. The standard InChI is InChI=1S/C20H23N5O4/c1-11-15(12(2)29-22-11)9-17(26)25-8-7-13(10-25)16-6-5-14-18(21-16)23(3)20(28)24(4)19(14)27/h5-6,13H,7-10H2,1-4H3. The van der Waals surface area contributed by atoms with Crippen LogP contribution in [0.25, 0.3) is 11.0 Å². The van der Waals surface area contributed by atoms with Crippen molar-refractivity contribution in [2.45, 2.75) is 32.6 Å². The minimum absolute atomic E-state index is 0.0314. The highest BCUT2D eigenvalue weighted by atomic mass is 16.5. The van der Waals surface area contributed by atoms with Crippen LogP contribution in [0.3, 0.4) is 0 Å². The SMILES string of the molecule is Cc1noc(C)c1CC(=O)N1CCC(c2ccc3c(=O)n(C)c(=O)n(C)c3n2)C1. The number of hydrogen-bond acceptors (Lipinski definition) is 6. The van der Waals surface area contributed by atoms with Crippen molar-refractivity contribution < 1.29 is 9.32 Å². The highest BCUT2D eigenvalue weighted by Crippen LogP contribution is 2.27. The average molecular weight is 397 g/mol. The molecule has 29 heavy (non-hydrogen) atoms. The molecule has 1 aliphatic rings. The molecule has 1 saturated heterocycles. The first-order chi connectivity index (χ1) is 13.8. The van der Waals surface area contributed by atoms with Gasteiger partial charge in [0.2, 0.25) is 5.91 Å². The zero-order chi connectivity index (χ0) is 20.9. The van der Waals surface area contributed by atoms with Crippen molar-refractivity contribution in [3.63, 3.8) is 0 Å². The molecule has 0 aromatic carbocycles. The number of hydrogen-bond donors (Lipinski definition) is 0. The van der Waals surface area contributed by atoms with Crippen LogP contribution in [0.15, 0.2) is 26.2 Å². The van der Waals surface area contributed by atoms with E-state index in [0.717, 1.165) is 27.9 Å². The Kier molecular flexibility index (Phi) is 4.60. The molecule has 3 aromatic heterocycles. The van der Waals surface area contributed by atoms with Gasteiger partial charge < -0.3 is 9.42 Å². The first-order valence-corrected chi connectivity index (χ1v) is 9.54. The van der Waals surface area contributed by atoms with E-state index in [9.17, 15) is 14.4 Å². The van der Waals surface area contributed by atoms with Crippen LogP contribution in [0.5, 0.6) is 0 Å². The van der Waals surface area contributed by atoms with Crippen LogP contribution in [0, 0.1) is 13.8 Å². The van der Waals surface area contributed by atoms with Crippen LogP contribution in [-0.4, -0.2) is 43.2 Å². The fourth-order valence-corrected chi connectivity index (χ4v) is 3.94. The summed E-state index contributed by atoms with van der Waals surface area (Å²) in [6.07, 6.45) is 1.05. The van der Waals surface area contributed by atoms with Gasteiger partial charge in [0.05, 0.1) is 17.5 Å². The zero-order valence-electron chi connectivity index (χ0n) is 16.9. The predicted octanol–water partition coefficient (Wildman–Crippen LogP) is 0.796. The molecule has 1 unspecified atom stereocenters. The zero-order valence-corrected chi connectivity index (χ0v) is 16.9. The number of nitrogens with zero attached hydrogens (tertiary/aromatic N) is 5. The molecule has 9 nitrogen and oxygen atoms in total. The normalized spacial score (nSPS) is 16.7. The lowest BCUT2D eigenvalue weighted by Crippen LogP contribution is -2.37. The summed E-state index contributed by atoms with van der Waals surface area (Å²) in [5.41, 5.74) is 1.97. The number of fused-ring (bicyclic) bond motifs is 1. The summed E-state index contributed by atoms with van der Waals surface area (Å²) in [5.74, 6) is 0.765. The molecule has 1 atom stereocenters. The van der Waals surface area contributed by atoms with Crippen LogP contribution in [0.4, 0.5) is 0 Å². The fourth-order valence-electron chi connectivity index (χ4n) is 3.94. The van der Waals surface area contributed by atoms with Gasteiger partial charge in [0.15, 0.2) is 0 Å². The van der Waals surface area contributed by atoms with Crippen molar-refractivity contribution in [2.75, 3.05) is 13.1 Å². The summed E-state index contributed by atoms with van der Waals surface area (Å²) < 4.78 is 7.61. The maximum atomic E-state index is 12.7. The van der Waals surface area contributed by atoms with Crippen LogP contribution >= 0.6 is 0 Å². The Labute approximate surface area is 166 Å². The smallest absolute Gasteiger partial charge is 0.332 e. The lowest BCUT2D eigenvalue weighted by molar-refractivity contribution is -0.129. The topological polar surface area (TPSA) is 103 Å². The Morgan fingerprint density at radius 3 is 2.66 bits per heavy atom. The number of rotatable bonds is 3. The quantitative estimate of drug-likeness (QED) is 0.648. The molecule has 4 rings (SSSR count). The molecule has 0 radical (unpaired) electrons. The summed E-state index contributed by atoms with van der Waals surface area (Å²) in [6.45, 7) is 4.84. The Balaban J connectivity index is 1.58. The molecule has 0 aliphatic carbocycles. The summed E-state index contributed by atoms with van der Waals surface area (Å²) >= 11 is 0. The van der Waals surface area contributed by atoms with Gasteiger partial charge in [0.25, 0.3) is 5.56 Å². The number of likely N-dealkylation sites (tertiary alicyclic amines) is 1. The Morgan fingerprint density at radius 2 is 1.97 bits per heavy atom. The number of carbonyl (C=O) groups is 1. The molecule has 4 heterocycles. The third kappa shape index (κ3) is 3.16. The average Bonchev–Trinajstić information content (AvgIpc) is 3.33. The minimum Gasteiger partial charge on any atom is -0.361 e. The fraction of sp³-hybridized carbons (Fsp3) is 0.450. The van der Waals surface area contributed by atoms with Gasteiger partial charge in [-0.2, -0.15) is 0 Å². The largest absolute Gasteiger partial charge is 0.361 e. The first kappa shape index (κ1) is 19.1. The third-order valence-electron chi connectivity index (χ3n) is 5.79. The Morgan fingerprint density at radius 1 is 1.21 bits per heavy atom. The van der Waals surface area contributed by atoms with Gasteiger partial charge in [-0.15, -0.1) is 0 Å². The van der Waals surface area contributed by atoms with Gasteiger partial charge in [0, 0.05) is 44.4 Å². The van der Waals surface area contributed by atoms with E-state index in [1.54, 1.807) is 13.1 Å². The van der Waals surface area contributed by atoms with E-state index in [2.05, 4.69) is 10.1 Å². The molecule has 0 spiro atoms. The van der Waals surface area contributed by atoms with E-state index in [4.69, 9.17) is 4.52 Å². The van der Waals surface area contributed by atoms with Crippen LogP contribution in [-0.2, 0) is 25.3 Å². The van der Waals surface area contributed by atoms with Crippen molar-refractivity contribution in [1.82, 2.24) is 24.2 Å². The van der Waals surface area contributed by atoms with Crippen molar-refractivity contribution in [1.29, 1.82) is 0 Å². The van der Waals surface area contributed by atoms with E-state index < -0.39 is 5.69 Å². The van der Waals surface area contributed by atoms with Gasteiger partial charge in [-0.3, -0.25) is 18.7 Å². The van der Waals surface area contributed by atoms with E-state index in [1.807, 2.05) is 24.8 Å². The lowest BCUT2D eigenvalue weighted by atomic mass is 10.0. The van der Waals surface area contributed by atoms with Gasteiger partial charge in [-0.05, 0) is 32.4 Å². The summed E-state index contributed by atoms with van der Waals surface area (Å²) in [6, 6.07) is 3.54. The maximum absolute atomic E-state index is 12.7. The van der Waals surface area contributed by atoms with Crippen molar-refractivity contribution in [3.8, 4) is 0 Å². The number of amides is 1. The second-order valence-corrected chi connectivity index (χ2v) is 7.62. The molecule has 1 aliphatic heterocycles.